The van der Waals surface area contributed by atoms with Crippen LogP contribution in [0.1, 0.15) is 41.4 Å². The van der Waals surface area contributed by atoms with Gasteiger partial charge >= 0.3 is 0 Å². The Morgan fingerprint density at radius 1 is 1.21 bits per heavy atom. The number of anilines is 1. The lowest BCUT2D eigenvalue weighted by molar-refractivity contribution is -0.126. The number of nitrogens with zero attached hydrogens (tertiary/aromatic N) is 3. The standard InChI is InChI=1S/C24H24ClN5O3/c1-13(22(32)28-20(14(2)31)15-6-4-3-5-7-15)30-12-17-9-8-16(10-18(17)23(30)33)21-19(25)11-27-24(26)29-21/h3-11,13-14,20,31H,12H2,1-2H3,(H,28,32)(H2,26,27,29)/t13-,14+,20-/m1/s1. The van der Waals surface area contributed by atoms with Crippen molar-refractivity contribution in [2.75, 3.05) is 5.73 Å². The smallest absolute Gasteiger partial charge is 0.255 e. The minimum absolute atomic E-state index is 0.0826. The van der Waals surface area contributed by atoms with Crippen LogP contribution in [0.15, 0.2) is 54.7 Å². The Labute approximate surface area is 196 Å². The minimum Gasteiger partial charge on any atom is -0.391 e. The van der Waals surface area contributed by atoms with E-state index in [1.807, 2.05) is 42.5 Å². The van der Waals surface area contributed by atoms with Crippen molar-refractivity contribution in [3.05, 3.63) is 76.4 Å². The van der Waals surface area contributed by atoms with Crippen LogP contribution in [0, 0.1) is 0 Å². The van der Waals surface area contributed by atoms with Gasteiger partial charge in [0.05, 0.1) is 29.1 Å². The molecule has 1 aromatic heterocycles. The van der Waals surface area contributed by atoms with Gasteiger partial charge < -0.3 is 21.1 Å². The summed E-state index contributed by atoms with van der Waals surface area (Å²) < 4.78 is 0. The summed E-state index contributed by atoms with van der Waals surface area (Å²) in [7, 11) is 0. The van der Waals surface area contributed by atoms with Crippen molar-refractivity contribution in [3.63, 3.8) is 0 Å². The third kappa shape index (κ3) is 4.53. The van der Waals surface area contributed by atoms with E-state index in [0.29, 0.717) is 28.4 Å². The number of hydrogen-bond acceptors (Lipinski definition) is 6. The lowest BCUT2D eigenvalue weighted by Crippen LogP contribution is -2.47. The van der Waals surface area contributed by atoms with Gasteiger partial charge in [-0.1, -0.05) is 54.1 Å². The fraction of sp³-hybridized carbons (Fsp3) is 0.250. The van der Waals surface area contributed by atoms with Crippen molar-refractivity contribution in [2.45, 2.75) is 38.6 Å². The first kappa shape index (κ1) is 22.7. The number of aliphatic hydroxyl groups excluding tert-OH is 1. The van der Waals surface area contributed by atoms with Gasteiger partial charge in [0, 0.05) is 17.7 Å². The third-order valence-electron chi connectivity index (χ3n) is 5.76. The quantitative estimate of drug-likeness (QED) is 0.514. The molecular weight excluding hydrogens is 442 g/mol. The molecule has 1 aliphatic heterocycles. The summed E-state index contributed by atoms with van der Waals surface area (Å²) in [6, 6.07) is 13.2. The monoisotopic (exact) mass is 465 g/mol. The summed E-state index contributed by atoms with van der Waals surface area (Å²) in [6.07, 6.45) is 0.612. The third-order valence-corrected chi connectivity index (χ3v) is 6.04. The van der Waals surface area contributed by atoms with Gasteiger partial charge in [0.25, 0.3) is 5.91 Å². The first-order valence-corrected chi connectivity index (χ1v) is 10.9. The van der Waals surface area contributed by atoms with Gasteiger partial charge in [-0.05, 0) is 31.0 Å². The summed E-state index contributed by atoms with van der Waals surface area (Å²) in [5.41, 5.74) is 8.83. The first-order valence-electron chi connectivity index (χ1n) is 10.5. The van der Waals surface area contributed by atoms with Crippen molar-refractivity contribution in [3.8, 4) is 11.3 Å². The fourth-order valence-electron chi connectivity index (χ4n) is 3.93. The maximum atomic E-state index is 13.2. The second-order valence-electron chi connectivity index (χ2n) is 8.04. The molecule has 0 unspecified atom stereocenters. The van der Waals surface area contributed by atoms with Gasteiger partial charge in [0.1, 0.15) is 6.04 Å². The van der Waals surface area contributed by atoms with E-state index in [9.17, 15) is 14.7 Å². The van der Waals surface area contributed by atoms with E-state index in [-0.39, 0.29) is 17.8 Å². The van der Waals surface area contributed by atoms with E-state index in [1.165, 1.54) is 11.1 Å². The van der Waals surface area contributed by atoms with Crippen LogP contribution >= 0.6 is 11.6 Å². The lowest BCUT2D eigenvalue weighted by Gasteiger charge is -2.28. The molecule has 2 aromatic carbocycles. The number of carbonyl (C=O) groups is 2. The van der Waals surface area contributed by atoms with Crippen molar-refractivity contribution in [2.24, 2.45) is 0 Å². The number of aliphatic hydroxyl groups is 1. The van der Waals surface area contributed by atoms with Crippen molar-refractivity contribution in [1.29, 1.82) is 0 Å². The first-order chi connectivity index (χ1) is 15.8. The van der Waals surface area contributed by atoms with Crippen LogP contribution in [0.4, 0.5) is 5.95 Å². The highest BCUT2D eigenvalue weighted by molar-refractivity contribution is 6.33. The second kappa shape index (κ2) is 9.17. The Hall–Kier alpha value is -3.49. The van der Waals surface area contributed by atoms with Crippen LogP contribution in [0.2, 0.25) is 5.02 Å². The number of aromatic nitrogens is 2. The highest BCUT2D eigenvalue weighted by Gasteiger charge is 2.35. The summed E-state index contributed by atoms with van der Waals surface area (Å²) in [5.74, 6) is -0.530. The molecule has 4 rings (SSSR count). The number of nitrogen functional groups attached to an aromatic ring is 1. The minimum atomic E-state index is -0.803. The van der Waals surface area contributed by atoms with E-state index < -0.39 is 18.2 Å². The molecule has 9 heteroatoms. The molecule has 2 amide bonds. The highest BCUT2D eigenvalue weighted by atomic mass is 35.5. The zero-order chi connectivity index (χ0) is 23.7. The molecule has 4 N–H and O–H groups in total. The number of carbonyl (C=O) groups excluding carboxylic acids is 2. The van der Waals surface area contributed by atoms with E-state index in [0.717, 1.165) is 11.1 Å². The summed E-state index contributed by atoms with van der Waals surface area (Å²) in [4.78, 5) is 35.7. The number of fused-ring (bicyclic) bond motifs is 1. The lowest BCUT2D eigenvalue weighted by atomic mass is 10.0. The topological polar surface area (TPSA) is 121 Å². The molecule has 0 saturated carbocycles. The molecule has 0 radical (unpaired) electrons. The SMILES string of the molecule is C[C@H](O)[C@@H](NC(=O)[C@@H](C)N1Cc2ccc(-c3nc(N)ncc3Cl)cc2C1=O)c1ccccc1. The Balaban J connectivity index is 1.54. The van der Waals surface area contributed by atoms with Gasteiger partial charge in [0.15, 0.2) is 0 Å². The van der Waals surface area contributed by atoms with Crippen LogP contribution in [0.3, 0.4) is 0 Å². The van der Waals surface area contributed by atoms with Crippen LogP contribution in [-0.4, -0.2) is 43.9 Å². The van der Waals surface area contributed by atoms with E-state index in [2.05, 4.69) is 15.3 Å². The molecule has 170 valence electrons. The average molecular weight is 466 g/mol. The number of halogens is 1. The maximum absolute atomic E-state index is 13.2. The molecule has 0 bridgehead atoms. The van der Waals surface area contributed by atoms with Gasteiger partial charge in [-0.15, -0.1) is 0 Å². The molecule has 0 fully saturated rings. The predicted octanol–water partition coefficient (Wildman–Crippen LogP) is 2.96. The van der Waals surface area contributed by atoms with Gasteiger partial charge in [-0.3, -0.25) is 9.59 Å². The molecule has 8 nitrogen and oxygen atoms in total. The van der Waals surface area contributed by atoms with E-state index >= 15 is 0 Å². The van der Waals surface area contributed by atoms with Crippen molar-refractivity contribution in [1.82, 2.24) is 20.2 Å². The molecule has 2 heterocycles. The highest BCUT2D eigenvalue weighted by Crippen LogP contribution is 2.32. The van der Waals surface area contributed by atoms with E-state index in [4.69, 9.17) is 17.3 Å². The molecule has 0 aliphatic carbocycles. The Bertz CT molecular complexity index is 1200. The van der Waals surface area contributed by atoms with Gasteiger partial charge in [-0.25, -0.2) is 9.97 Å². The second-order valence-corrected chi connectivity index (χ2v) is 8.45. The maximum Gasteiger partial charge on any atom is 0.255 e. The van der Waals surface area contributed by atoms with Crippen molar-refractivity contribution < 1.29 is 14.7 Å². The number of rotatable bonds is 6. The molecule has 1 aliphatic rings. The van der Waals surface area contributed by atoms with Gasteiger partial charge in [-0.2, -0.15) is 0 Å². The Kier molecular flexibility index (Phi) is 6.31. The summed E-state index contributed by atoms with van der Waals surface area (Å²) in [5, 5.41) is 13.4. The Morgan fingerprint density at radius 2 is 1.94 bits per heavy atom. The number of nitrogens with one attached hydrogen (secondary N) is 1. The summed E-state index contributed by atoms with van der Waals surface area (Å²) >= 11 is 6.21. The molecule has 33 heavy (non-hydrogen) atoms. The Morgan fingerprint density at radius 3 is 2.64 bits per heavy atom. The zero-order valence-corrected chi connectivity index (χ0v) is 19.0. The molecule has 0 spiro atoms. The molecule has 0 saturated heterocycles. The molecular formula is C24H24ClN5O3. The molecule has 3 aromatic rings. The van der Waals surface area contributed by atoms with Crippen LogP contribution < -0.4 is 11.1 Å². The number of amides is 2. The van der Waals surface area contributed by atoms with Crippen LogP contribution in [0.5, 0.6) is 0 Å². The van der Waals surface area contributed by atoms with Crippen molar-refractivity contribution >= 4 is 29.4 Å². The predicted molar refractivity (Wildman–Crippen MR) is 125 cm³/mol. The van der Waals surface area contributed by atoms with E-state index in [1.54, 1.807) is 19.9 Å². The average Bonchev–Trinajstić information content (AvgIpc) is 3.14. The van der Waals surface area contributed by atoms with Gasteiger partial charge in [0.2, 0.25) is 11.9 Å². The zero-order valence-electron chi connectivity index (χ0n) is 18.2. The molecule has 3 atom stereocenters. The normalized spacial score (nSPS) is 15.6. The number of nitrogens with two attached hydrogens (primary N) is 1. The number of benzene rings is 2. The van der Waals surface area contributed by atoms with Crippen LogP contribution in [-0.2, 0) is 11.3 Å². The largest absolute Gasteiger partial charge is 0.391 e. The van der Waals surface area contributed by atoms with Crippen LogP contribution in [0.25, 0.3) is 11.3 Å². The summed E-state index contributed by atoms with van der Waals surface area (Å²) in [6.45, 7) is 3.59. The fourth-order valence-corrected chi connectivity index (χ4v) is 4.13. The number of hydrogen-bond donors (Lipinski definition) is 3.